The van der Waals surface area contributed by atoms with E-state index in [2.05, 4.69) is 0 Å². The van der Waals surface area contributed by atoms with Crippen LogP contribution in [0, 0.1) is 6.29 Å². The Morgan fingerprint density at radius 3 is 1.67 bits per heavy atom. The van der Waals surface area contributed by atoms with Crippen molar-refractivity contribution in [2.45, 2.75) is 6.92 Å². The van der Waals surface area contributed by atoms with Crippen molar-refractivity contribution in [2.75, 3.05) is 0 Å². The Morgan fingerprint density at radius 1 is 1.33 bits per heavy atom. The first-order valence-corrected chi connectivity index (χ1v) is 3.36. The first-order chi connectivity index (χ1) is 2.81. The second kappa shape index (κ2) is 3.54. The number of hydrogen-bond donors (Lipinski definition) is 0. The highest BCUT2D eigenvalue weighted by Crippen LogP contribution is 1.93. The second-order valence-corrected chi connectivity index (χ2v) is 1.72. The van der Waals surface area contributed by atoms with Gasteiger partial charge in [0.15, 0.2) is 6.29 Å². The second-order valence-electron chi connectivity index (χ2n) is 0.900. The Morgan fingerprint density at radius 2 is 1.67 bits per heavy atom. The van der Waals surface area contributed by atoms with Crippen LogP contribution in [-0.2, 0) is 8.85 Å². The molecule has 0 atom stereocenters. The predicted octanol–water partition coefficient (Wildman–Crippen LogP) is -1.91. The minimum absolute atomic E-state index is 0.716. The van der Waals surface area contributed by atoms with E-state index in [4.69, 9.17) is 8.85 Å². The third-order valence-electron chi connectivity index (χ3n) is 0.575. The van der Waals surface area contributed by atoms with Gasteiger partial charge >= 0.3 is 0 Å². The van der Waals surface area contributed by atoms with Crippen LogP contribution in [0.5, 0.6) is 0 Å². The molecular weight excluding hydrogens is 112 g/mol. The fourth-order valence-corrected chi connectivity index (χ4v) is 0.750. The summed E-state index contributed by atoms with van der Waals surface area (Å²) in [6.07, 6.45) is 0.716. The molecule has 0 amide bonds. The molecule has 37 valence electrons. The van der Waals surface area contributed by atoms with Gasteiger partial charge in [0.25, 0.3) is 0 Å². The molecule has 0 aromatic heterocycles. The lowest BCUT2D eigenvalue weighted by Crippen LogP contribution is -1.97. The van der Waals surface area contributed by atoms with Crippen molar-refractivity contribution in [3.05, 3.63) is 6.29 Å². The minimum atomic E-state index is 0.716. The molecule has 0 heterocycles. The SMILES string of the molecule is C[C](O[SiH3])O[SiH3]. The number of rotatable bonds is 2. The average molecular weight is 121 g/mol. The maximum absolute atomic E-state index is 4.77. The van der Waals surface area contributed by atoms with Crippen LogP contribution in [0.4, 0.5) is 0 Å². The molecule has 0 rings (SSSR count). The van der Waals surface area contributed by atoms with E-state index in [0.29, 0.717) is 6.29 Å². The van der Waals surface area contributed by atoms with Gasteiger partial charge in [-0.3, -0.25) is 0 Å². The molecular formula is C2H9O2Si2. The van der Waals surface area contributed by atoms with Gasteiger partial charge in [0, 0.05) is 0 Å². The Bertz CT molecular complexity index is 28.7. The van der Waals surface area contributed by atoms with Gasteiger partial charge in [-0.2, -0.15) is 0 Å². The van der Waals surface area contributed by atoms with Crippen LogP contribution in [0.2, 0.25) is 0 Å². The van der Waals surface area contributed by atoms with E-state index in [0.717, 1.165) is 21.0 Å². The third kappa shape index (κ3) is 2.58. The predicted molar refractivity (Wildman–Crippen MR) is 31.0 cm³/mol. The van der Waals surface area contributed by atoms with E-state index in [-0.39, 0.29) is 0 Å². The van der Waals surface area contributed by atoms with Gasteiger partial charge in [0.2, 0.25) is 0 Å². The lowest BCUT2D eigenvalue weighted by Gasteiger charge is -2.02. The zero-order valence-electron chi connectivity index (χ0n) is 4.32. The van der Waals surface area contributed by atoms with Crippen LogP contribution in [0.25, 0.3) is 0 Å². The fourth-order valence-electron chi connectivity index (χ4n) is 0.0833. The van der Waals surface area contributed by atoms with Crippen LogP contribution in [0.15, 0.2) is 0 Å². The molecule has 1 radical (unpaired) electrons. The summed E-state index contributed by atoms with van der Waals surface area (Å²) in [5, 5.41) is 0. The lowest BCUT2D eigenvalue weighted by molar-refractivity contribution is 0.156. The molecule has 0 aliphatic carbocycles. The third-order valence-corrected chi connectivity index (χ3v) is 1.72. The highest BCUT2D eigenvalue weighted by molar-refractivity contribution is 6.00. The lowest BCUT2D eigenvalue weighted by atomic mass is 10.8. The monoisotopic (exact) mass is 121 g/mol. The van der Waals surface area contributed by atoms with E-state index in [1.54, 1.807) is 0 Å². The molecule has 0 aliphatic heterocycles. The molecule has 0 saturated carbocycles. The maximum atomic E-state index is 4.77. The smallest absolute Gasteiger partial charge is 0.198 e. The maximum Gasteiger partial charge on any atom is 0.198 e. The molecule has 0 spiro atoms. The Hall–Kier alpha value is 0.354. The molecule has 0 fully saturated rings. The van der Waals surface area contributed by atoms with E-state index < -0.39 is 0 Å². The van der Waals surface area contributed by atoms with Crippen molar-refractivity contribution in [1.82, 2.24) is 0 Å². The van der Waals surface area contributed by atoms with Crippen molar-refractivity contribution >= 4 is 21.0 Å². The molecule has 6 heavy (non-hydrogen) atoms. The van der Waals surface area contributed by atoms with Gasteiger partial charge in [-0.05, 0) is 6.92 Å². The largest absolute Gasteiger partial charge is 0.398 e. The zero-order valence-corrected chi connectivity index (χ0v) is 8.32. The van der Waals surface area contributed by atoms with Crippen LogP contribution in [-0.4, -0.2) is 21.0 Å². The first-order valence-electron chi connectivity index (χ1n) is 1.72. The van der Waals surface area contributed by atoms with E-state index in [9.17, 15) is 0 Å². The normalized spacial score (nSPS) is 11.0. The molecule has 0 aromatic rings. The molecule has 0 N–H and O–H groups in total. The van der Waals surface area contributed by atoms with E-state index >= 15 is 0 Å². The highest BCUT2D eigenvalue weighted by atomic mass is 28.2. The van der Waals surface area contributed by atoms with Crippen molar-refractivity contribution in [3.63, 3.8) is 0 Å². The molecule has 0 bridgehead atoms. The summed E-state index contributed by atoms with van der Waals surface area (Å²) in [4.78, 5) is 0. The van der Waals surface area contributed by atoms with Crippen LogP contribution in [0.1, 0.15) is 6.92 Å². The summed E-state index contributed by atoms with van der Waals surface area (Å²) in [7, 11) is 1.49. The van der Waals surface area contributed by atoms with Crippen LogP contribution >= 0.6 is 0 Å². The van der Waals surface area contributed by atoms with Crippen molar-refractivity contribution in [3.8, 4) is 0 Å². The zero-order chi connectivity index (χ0) is 4.99. The van der Waals surface area contributed by atoms with Crippen LogP contribution < -0.4 is 0 Å². The van der Waals surface area contributed by atoms with E-state index in [1.165, 1.54) is 0 Å². The highest BCUT2D eigenvalue weighted by Gasteiger charge is 1.89. The van der Waals surface area contributed by atoms with Gasteiger partial charge in [0.05, 0.1) is 0 Å². The summed E-state index contributed by atoms with van der Waals surface area (Å²) in [6, 6.07) is 0. The van der Waals surface area contributed by atoms with Gasteiger partial charge in [-0.15, -0.1) is 0 Å². The van der Waals surface area contributed by atoms with Gasteiger partial charge in [-0.25, -0.2) is 0 Å². The minimum Gasteiger partial charge on any atom is -0.398 e. The summed E-state index contributed by atoms with van der Waals surface area (Å²) < 4.78 is 9.53. The molecule has 0 saturated heterocycles. The standard InChI is InChI=1S/C2H9O2Si2/c1-2(3-5)4-6/h1,5-6H3. The summed E-state index contributed by atoms with van der Waals surface area (Å²) in [5.41, 5.74) is 0. The van der Waals surface area contributed by atoms with Gasteiger partial charge < -0.3 is 8.85 Å². The topological polar surface area (TPSA) is 18.5 Å². The van der Waals surface area contributed by atoms with Gasteiger partial charge in [-0.1, -0.05) is 0 Å². The summed E-state index contributed by atoms with van der Waals surface area (Å²) in [5.74, 6) is 0. The first kappa shape index (κ1) is 6.35. The summed E-state index contributed by atoms with van der Waals surface area (Å²) in [6.45, 7) is 1.82. The van der Waals surface area contributed by atoms with Crippen molar-refractivity contribution < 1.29 is 8.85 Å². The molecule has 0 unspecified atom stereocenters. The van der Waals surface area contributed by atoms with E-state index in [1.807, 2.05) is 6.92 Å². The average Bonchev–Trinajstić information content (AvgIpc) is 1.65. The van der Waals surface area contributed by atoms with Gasteiger partial charge in [0.1, 0.15) is 21.0 Å². The molecule has 0 aromatic carbocycles. The molecule has 2 nitrogen and oxygen atoms in total. The van der Waals surface area contributed by atoms with Crippen LogP contribution in [0.3, 0.4) is 0 Å². The van der Waals surface area contributed by atoms with Crippen molar-refractivity contribution in [1.29, 1.82) is 0 Å². The van der Waals surface area contributed by atoms with Crippen molar-refractivity contribution in [2.24, 2.45) is 0 Å². The summed E-state index contributed by atoms with van der Waals surface area (Å²) >= 11 is 0. The Labute approximate surface area is 43.9 Å². The quantitative estimate of drug-likeness (QED) is 0.397. The Balaban J connectivity index is 2.75. The number of hydrogen-bond acceptors (Lipinski definition) is 2. The fraction of sp³-hybridized carbons (Fsp3) is 0.500. The Kier molecular flexibility index (Phi) is 3.75. The molecule has 0 aliphatic rings. The molecule has 4 heteroatoms.